The van der Waals surface area contributed by atoms with Crippen LogP contribution in [-0.2, 0) is 5.41 Å². The number of benzene rings is 1. The van der Waals surface area contributed by atoms with Gasteiger partial charge in [0.2, 0.25) is 0 Å². The molecule has 1 N–H and O–H groups in total. The zero-order valence-corrected chi connectivity index (χ0v) is 20.1. The van der Waals surface area contributed by atoms with Crippen LogP contribution in [0.15, 0.2) is 52.1 Å². The van der Waals surface area contributed by atoms with E-state index >= 15 is 0 Å². The number of carbonyl (C=O) groups excluding carboxylic acids is 1. The molecule has 1 amide bonds. The molecule has 1 saturated heterocycles. The van der Waals surface area contributed by atoms with Crippen LogP contribution in [-0.4, -0.2) is 61.4 Å². The van der Waals surface area contributed by atoms with Gasteiger partial charge in [-0.2, -0.15) is 0 Å². The van der Waals surface area contributed by atoms with Crippen molar-refractivity contribution in [2.75, 3.05) is 39.8 Å². The van der Waals surface area contributed by atoms with E-state index in [0.717, 1.165) is 30.6 Å². The molecule has 1 aromatic carbocycles. The molecule has 0 radical (unpaired) electrons. The van der Waals surface area contributed by atoms with Crippen molar-refractivity contribution in [3.8, 4) is 0 Å². The van der Waals surface area contributed by atoms with E-state index in [0.29, 0.717) is 18.8 Å². The Kier molecular flexibility index (Phi) is 8.39. The van der Waals surface area contributed by atoms with Crippen molar-refractivity contribution in [2.24, 2.45) is 4.99 Å². The van der Waals surface area contributed by atoms with Gasteiger partial charge in [0.25, 0.3) is 5.91 Å². The number of nitrogens with one attached hydrogen (secondary N) is 1. The van der Waals surface area contributed by atoms with Crippen molar-refractivity contribution in [1.82, 2.24) is 15.1 Å². The number of rotatable bonds is 4. The number of furan rings is 1. The Morgan fingerprint density at radius 2 is 1.76 bits per heavy atom. The van der Waals surface area contributed by atoms with E-state index in [1.807, 2.05) is 17.0 Å². The Labute approximate surface area is 194 Å². The summed E-state index contributed by atoms with van der Waals surface area (Å²) in [6.07, 6.45) is 1.53. The maximum absolute atomic E-state index is 12.4. The van der Waals surface area contributed by atoms with Gasteiger partial charge in [0.05, 0.1) is 6.26 Å². The molecule has 8 heteroatoms. The summed E-state index contributed by atoms with van der Waals surface area (Å²) in [5.74, 6) is 1.18. The first-order valence-corrected chi connectivity index (χ1v) is 9.83. The molecule has 29 heavy (non-hydrogen) atoms. The second-order valence-corrected chi connectivity index (χ2v) is 7.98. The van der Waals surface area contributed by atoms with Crippen LogP contribution in [0.5, 0.6) is 0 Å². The third-order valence-corrected chi connectivity index (χ3v) is 5.38. The summed E-state index contributed by atoms with van der Waals surface area (Å²) in [6.45, 7) is 7.86. The summed E-state index contributed by atoms with van der Waals surface area (Å²) in [6, 6.07) is 11.4. The molecule has 0 atom stereocenters. The third-order valence-electron chi connectivity index (χ3n) is 5.12. The van der Waals surface area contributed by atoms with E-state index in [9.17, 15) is 4.79 Å². The smallest absolute Gasteiger partial charge is 0.289 e. The Balaban J connectivity index is 0.00000300. The second kappa shape index (κ2) is 10.3. The number of piperazine rings is 1. The molecule has 6 nitrogen and oxygen atoms in total. The summed E-state index contributed by atoms with van der Waals surface area (Å²) >= 11 is 6.00. The Morgan fingerprint density at radius 3 is 2.31 bits per heavy atom. The van der Waals surface area contributed by atoms with E-state index in [1.165, 1.54) is 11.8 Å². The molecule has 2 aromatic rings. The fourth-order valence-electron chi connectivity index (χ4n) is 3.31. The minimum Gasteiger partial charge on any atom is -0.459 e. The van der Waals surface area contributed by atoms with Crippen LogP contribution in [0.2, 0.25) is 5.02 Å². The second-order valence-electron chi connectivity index (χ2n) is 7.55. The maximum atomic E-state index is 12.4. The molecular formula is C21H28ClIN4O2. The quantitative estimate of drug-likeness (QED) is 0.371. The molecule has 3 rings (SSSR count). The van der Waals surface area contributed by atoms with E-state index < -0.39 is 0 Å². The van der Waals surface area contributed by atoms with Crippen molar-refractivity contribution in [3.05, 3.63) is 59.0 Å². The van der Waals surface area contributed by atoms with E-state index in [1.54, 1.807) is 19.2 Å². The van der Waals surface area contributed by atoms with Gasteiger partial charge in [0, 0.05) is 50.2 Å². The largest absolute Gasteiger partial charge is 0.459 e. The van der Waals surface area contributed by atoms with Crippen molar-refractivity contribution < 1.29 is 9.21 Å². The molecule has 1 aliphatic heterocycles. The van der Waals surface area contributed by atoms with Gasteiger partial charge in [0.1, 0.15) is 0 Å². The highest BCUT2D eigenvalue weighted by Gasteiger charge is 2.26. The SMILES string of the molecule is CN=C(NCC(C)(C)c1ccc(Cl)cc1)N1CCN(C(=O)c2ccco2)CC1.I. The lowest BCUT2D eigenvalue weighted by molar-refractivity contribution is 0.0657. The van der Waals surface area contributed by atoms with Gasteiger partial charge in [0.15, 0.2) is 11.7 Å². The van der Waals surface area contributed by atoms with Crippen molar-refractivity contribution in [3.63, 3.8) is 0 Å². The Bertz CT molecular complexity index is 814. The van der Waals surface area contributed by atoms with Crippen LogP contribution < -0.4 is 5.32 Å². The van der Waals surface area contributed by atoms with Crippen molar-refractivity contribution >= 4 is 47.4 Å². The van der Waals surface area contributed by atoms with Crippen LogP contribution in [0.4, 0.5) is 0 Å². The lowest BCUT2D eigenvalue weighted by atomic mass is 9.84. The Hall–Kier alpha value is -1.74. The highest BCUT2D eigenvalue weighted by atomic mass is 127. The van der Waals surface area contributed by atoms with Gasteiger partial charge in [-0.05, 0) is 29.8 Å². The van der Waals surface area contributed by atoms with E-state index in [4.69, 9.17) is 16.0 Å². The zero-order valence-electron chi connectivity index (χ0n) is 17.0. The molecule has 1 fully saturated rings. The van der Waals surface area contributed by atoms with Crippen molar-refractivity contribution in [2.45, 2.75) is 19.3 Å². The van der Waals surface area contributed by atoms with Gasteiger partial charge in [-0.3, -0.25) is 9.79 Å². The fraction of sp³-hybridized carbons (Fsp3) is 0.429. The number of amides is 1. The lowest BCUT2D eigenvalue weighted by Gasteiger charge is -2.37. The fourth-order valence-corrected chi connectivity index (χ4v) is 3.44. The molecule has 0 spiro atoms. The summed E-state index contributed by atoms with van der Waals surface area (Å²) in [5.41, 5.74) is 1.14. The average molecular weight is 531 g/mol. The van der Waals surface area contributed by atoms with Gasteiger partial charge in [-0.25, -0.2) is 0 Å². The number of aliphatic imine (C=N–C) groups is 1. The first kappa shape index (κ1) is 23.5. The van der Waals surface area contributed by atoms with E-state index in [2.05, 4.69) is 41.2 Å². The number of hydrogen-bond donors (Lipinski definition) is 1. The average Bonchev–Trinajstić information content (AvgIpc) is 3.23. The number of carbonyl (C=O) groups is 1. The molecule has 1 aliphatic rings. The van der Waals surface area contributed by atoms with E-state index in [-0.39, 0.29) is 35.3 Å². The number of hydrogen-bond acceptors (Lipinski definition) is 3. The van der Waals surface area contributed by atoms with Crippen LogP contribution in [0.25, 0.3) is 0 Å². The molecule has 0 saturated carbocycles. The standard InChI is InChI=1S/C21H27ClN4O2.HI/c1-21(2,16-6-8-17(22)9-7-16)15-24-20(23-3)26-12-10-25(11-13-26)19(27)18-5-4-14-28-18;/h4-9,14H,10-13,15H2,1-3H3,(H,23,24);1H. The molecule has 158 valence electrons. The lowest BCUT2D eigenvalue weighted by Crippen LogP contribution is -2.54. The molecule has 0 unspecified atom stereocenters. The molecule has 2 heterocycles. The molecule has 1 aromatic heterocycles. The summed E-state index contributed by atoms with van der Waals surface area (Å²) in [7, 11) is 1.79. The third kappa shape index (κ3) is 5.88. The highest BCUT2D eigenvalue weighted by molar-refractivity contribution is 14.0. The highest BCUT2D eigenvalue weighted by Crippen LogP contribution is 2.24. The van der Waals surface area contributed by atoms with Crippen molar-refractivity contribution in [1.29, 1.82) is 0 Å². The Morgan fingerprint density at radius 1 is 1.14 bits per heavy atom. The number of guanidine groups is 1. The van der Waals surface area contributed by atoms with Gasteiger partial charge in [-0.15, -0.1) is 24.0 Å². The van der Waals surface area contributed by atoms with Gasteiger partial charge in [-0.1, -0.05) is 37.6 Å². The van der Waals surface area contributed by atoms with Crippen LogP contribution in [0.3, 0.4) is 0 Å². The summed E-state index contributed by atoms with van der Waals surface area (Å²) in [5, 5.41) is 4.23. The number of halogens is 2. The first-order chi connectivity index (χ1) is 13.4. The predicted octanol–water partition coefficient (Wildman–Crippen LogP) is 3.86. The number of nitrogens with zero attached hydrogens (tertiary/aromatic N) is 3. The van der Waals surface area contributed by atoms with Gasteiger partial charge < -0.3 is 19.5 Å². The van der Waals surface area contributed by atoms with Crippen LogP contribution in [0.1, 0.15) is 30.0 Å². The zero-order chi connectivity index (χ0) is 20.1. The van der Waals surface area contributed by atoms with Gasteiger partial charge >= 0.3 is 0 Å². The molecular weight excluding hydrogens is 503 g/mol. The summed E-state index contributed by atoms with van der Waals surface area (Å²) in [4.78, 5) is 20.8. The van der Waals surface area contributed by atoms with Crippen LogP contribution >= 0.6 is 35.6 Å². The maximum Gasteiger partial charge on any atom is 0.289 e. The molecule has 0 bridgehead atoms. The normalized spacial score (nSPS) is 15.1. The summed E-state index contributed by atoms with van der Waals surface area (Å²) < 4.78 is 5.22. The first-order valence-electron chi connectivity index (χ1n) is 9.45. The minimum absolute atomic E-state index is 0. The topological polar surface area (TPSA) is 61.1 Å². The monoisotopic (exact) mass is 530 g/mol. The van der Waals surface area contributed by atoms with Crippen LogP contribution in [0, 0.1) is 0 Å². The predicted molar refractivity (Wildman–Crippen MR) is 127 cm³/mol. The minimum atomic E-state index is -0.0718. The molecule has 0 aliphatic carbocycles.